The van der Waals surface area contributed by atoms with E-state index >= 15 is 26.3 Å². The average molecular weight is 1300 g/mol. The zero-order valence-electron chi connectivity index (χ0n) is 32.1. The minimum absolute atomic E-state index is 8.93. The molecule has 0 saturated heterocycles. The Morgan fingerprint density at radius 2 is 0.208 bits per heavy atom. The summed E-state index contributed by atoms with van der Waals surface area (Å²) < 4.78 is 716. The predicted octanol–water partition coefficient (Wildman–Crippen LogP) is 17.3. The number of hydrogen-bond acceptors (Lipinski definition) is 1. The van der Waals surface area contributed by atoms with Crippen LogP contribution in [0.4, 0.5) is 224 Å². The van der Waals surface area contributed by atoms with Crippen molar-refractivity contribution in [3.8, 4) is 0 Å². The molecule has 0 bridgehead atoms. The minimum atomic E-state index is -14.6. The second-order valence-corrected chi connectivity index (χ2v) is 17.0. The van der Waals surface area contributed by atoms with Gasteiger partial charge in [-0.3, -0.25) is 0 Å². The molecule has 0 fully saturated rings. The monoisotopic (exact) mass is 1300 g/mol. The van der Waals surface area contributed by atoms with E-state index in [1.54, 1.807) is 0 Å². The minimum Gasteiger partial charge on any atom is -0.304 e. The van der Waals surface area contributed by atoms with Gasteiger partial charge in [-0.15, -0.1) is 0 Å². The van der Waals surface area contributed by atoms with Crippen molar-refractivity contribution in [1.29, 1.82) is 0 Å². The summed E-state index contributed by atoms with van der Waals surface area (Å²) in [4.78, 5) is 0. The summed E-state index contributed by atoms with van der Waals surface area (Å²) in [7, 11) is -14.6. The van der Waals surface area contributed by atoms with E-state index in [2.05, 4.69) is 0 Å². The molecular formula is C24F51OP. The van der Waals surface area contributed by atoms with Gasteiger partial charge in [-0.1, -0.05) is 0 Å². The van der Waals surface area contributed by atoms with Crippen molar-refractivity contribution in [2.45, 2.75) is 142 Å². The standard InChI is InChI=1S/C24F51OP/c25-1(26,7(37,38)13(49,50)19(61,62)63)4(31,32)10(43,44)16(55,56)22(70,71)77(76,23(72,73)17(57,58)11(45,46)5(33,34)2(27,28)8(39,40)14(51,52)20(64,65)66)24(74,75)18(59,60)12(47,48)6(35,36)3(29,30)9(41,42)15(53,54)21(67,68)69. The Morgan fingerprint density at radius 1 is 0.130 bits per heavy atom. The third-order valence-electron chi connectivity index (χ3n) is 9.30. The van der Waals surface area contributed by atoms with Gasteiger partial charge in [0.1, 0.15) is 0 Å². The fourth-order valence-electron chi connectivity index (χ4n) is 4.59. The lowest BCUT2D eigenvalue weighted by atomic mass is 9.91. The fraction of sp³-hybridized carbons (Fsp3) is 1.00. The molecule has 0 aromatic carbocycles. The van der Waals surface area contributed by atoms with Gasteiger partial charge in [-0.25, -0.2) is 0 Å². The molecule has 0 N–H and O–H groups in total. The Kier molecular flexibility index (Phi) is 16.6. The SMILES string of the molecule is O=P(C(F)(F)C(F)(F)C(F)(F)C(F)(F)C(F)(F)C(F)(F)C(F)(F)C(F)(F)F)(C(F)(F)C(F)(F)C(F)(F)C(F)(F)C(F)(F)C(F)(F)C(F)(F)C(F)(F)F)C(F)(F)C(F)(F)C(F)(F)C(F)(F)C(F)(F)C(F)(F)C(F)(F)C(F)(F)F. The molecule has 0 heterocycles. The summed E-state index contributed by atoms with van der Waals surface area (Å²) >= 11 is 0. The molecule has 0 aromatic heterocycles. The third kappa shape index (κ3) is 8.02. The fourth-order valence-corrected chi connectivity index (χ4v) is 7.25. The molecule has 0 aromatic rings. The lowest BCUT2D eigenvalue weighted by Gasteiger charge is -2.50. The highest BCUT2D eigenvalue weighted by molar-refractivity contribution is 7.67. The van der Waals surface area contributed by atoms with Crippen LogP contribution in [0.2, 0.25) is 0 Å². The first-order chi connectivity index (χ1) is 32.0. The summed E-state index contributed by atoms with van der Waals surface area (Å²) in [5.41, 5.74) is -36.2. The summed E-state index contributed by atoms with van der Waals surface area (Å²) in [5, 5.41) is 0. The highest BCUT2D eigenvalue weighted by atomic mass is 31.2. The van der Waals surface area contributed by atoms with Gasteiger partial charge >= 0.3 is 149 Å². The van der Waals surface area contributed by atoms with Gasteiger partial charge in [-0.05, 0) is 0 Å². The Labute approximate surface area is 379 Å². The van der Waals surface area contributed by atoms with Crippen LogP contribution >= 0.6 is 7.14 Å². The van der Waals surface area contributed by atoms with Crippen LogP contribution in [0.25, 0.3) is 0 Å². The summed E-state index contributed by atoms with van der Waals surface area (Å²) in [6.45, 7) is 0. The van der Waals surface area contributed by atoms with Crippen LogP contribution in [-0.4, -0.2) is 142 Å². The second kappa shape index (κ2) is 17.3. The Balaban J connectivity index is 9.94. The van der Waals surface area contributed by atoms with E-state index in [1.807, 2.05) is 0 Å². The van der Waals surface area contributed by atoms with Crippen LogP contribution in [0.15, 0.2) is 0 Å². The van der Waals surface area contributed by atoms with Crippen LogP contribution in [0.3, 0.4) is 0 Å². The first-order valence-electron chi connectivity index (χ1n) is 15.7. The average Bonchev–Trinajstić information content (AvgIpc) is 3.17. The zero-order chi connectivity index (χ0) is 64.5. The maximum Gasteiger partial charge on any atom is 0.460 e. The topological polar surface area (TPSA) is 17.1 Å². The molecule has 0 rings (SSSR count). The van der Waals surface area contributed by atoms with Gasteiger partial charge in [0.05, 0.1) is 0 Å². The van der Waals surface area contributed by atoms with Crippen LogP contribution in [0.1, 0.15) is 0 Å². The van der Waals surface area contributed by atoms with Crippen LogP contribution in [0, 0.1) is 0 Å². The number of halogens is 51. The molecule has 464 valence electrons. The van der Waals surface area contributed by atoms with Gasteiger partial charge < -0.3 is 4.57 Å². The number of hydrogen-bond donors (Lipinski definition) is 0. The molecule has 1 nitrogen and oxygen atoms in total. The van der Waals surface area contributed by atoms with Gasteiger partial charge in [0.15, 0.2) is 0 Å². The van der Waals surface area contributed by atoms with Crippen LogP contribution in [0.5, 0.6) is 0 Å². The normalized spacial score (nSPS) is 17.6. The molecule has 0 saturated carbocycles. The van der Waals surface area contributed by atoms with Gasteiger partial charge in [0.2, 0.25) is 0 Å². The predicted molar refractivity (Wildman–Crippen MR) is 130 cm³/mol. The highest BCUT2D eigenvalue weighted by Crippen LogP contribution is 2.89. The summed E-state index contributed by atoms with van der Waals surface area (Å²) in [6.07, 6.45) is -26.8. The van der Waals surface area contributed by atoms with E-state index in [9.17, 15) is 202 Å². The van der Waals surface area contributed by atoms with Gasteiger partial charge in [-0.2, -0.15) is 224 Å². The quantitative estimate of drug-likeness (QED) is 0.0827. The van der Waals surface area contributed by atoms with Gasteiger partial charge in [0, 0.05) is 0 Å². The first kappa shape index (κ1) is 73.7. The molecule has 53 heteroatoms. The van der Waals surface area contributed by atoms with Crippen molar-refractivity contribution in [1.82, 2.24) is 0 Å². The van der Waals surface area contributed by atoms with E-state index in [0.717, 1.165) is 0 Å². The van der Waals surface area contributed by atoms with Crippen molar-refractivity contribution < 1.29 is 228 Å². The Bertz CT molecular complexity index is 1960. The van der Waals surface area contributed by atoms with E-state index in [1.165, 1.54) is 0 Å². The van der Waals surface area contributed by atoms with Crippen molar-refractivity contribution in [2.75, 3.05) is 0 Å². The third-order valence-corrected chi connectivity index (χ3v) is 12.5. The lowest BCUT2D eigenvalue weighted by molar-refractivity contribution is -0.462. The van der Waals surface area contributed by atoms with E-state index in [-0.39, 0.29) is 0 Å². The molecule has 0 radical (unpaired) electrons. The van der Waals surface area contributed by atoms with E-state index in [4.69, 9.17) is 0 Å². The molecular weight excluding hydrogens is 1300 g/mol. The number of alkyl halides is 51. The highest BCUT2D eigenvalue weighted by Gasteiger charge is 3.06. The molecule has 0 aliphatic carbocycles. The Morgan fingerprint density at radius 3 is 0.299 bits per heavy atom. The zero-order valence-corrected chi connectivity index (χ0v) is 33.0. The molecule has 0 aliphatic rings. The largest absolute Gasteiger partial charge is 0.460 e. The molecule has 77 heavy (non-hydrogen) atoms. The molecule has 0 unspecified atom stereocenters. The molecule has 0 aliphatic heterocycles. The summed E-state index contributed by atoms with van der Waals surface area (Å²) in [5.74, 6) is -192. The second-order valence-electron chi connectivity index (χ2n) is 14.1. The summed E-state index contributed by atoms with van der Waals surface area (Å²) in [6, 6.07) is 0. The van der Waals surface area contributed by atoms with Crippen LogP contribution < -0.4 is 0 Å². The van der Waals surface area contributed by atoms with Crippen molar-refractivity contribution in [3.05, 3.63) is 0 Å². The maximum absolute atomic E-state index is 15.2. The van der Waals surface area contributed by atoms with Crippen molar-refractivity contribution >= 4 is 7.14 Å². The maximum atomic E-state index is 15.2. The Hall–Kier alpha value is -3.34. The van der Waals surface area contributed by atoms with E-state index in [0.29, 0.717) is 0 Å². The molecule has 0 atom stereocenters. The first-order valence-corrected chi connectivity index (χ1v) is 17.4. The molecule has 0 amide bonds. The number of rotatable bonds is 21. The van der Waals surface area contributed by atoms with Gasteiger partial charge in [0.25, 0.3) is 0 Å². The smallest absolute Gasteiger partial charge is 0.304 e. The van der Waals surface area contributed by atoms with Crippen molar-refractivity contribution in [3.63, 3.8) is 0 Å². The molecule has 0 spiro atoms. The van der Waals surface area contributed by atoms with E-state index < -0.39 is 149 Å². The van der Waals surface area contributed by atoms with Crippen LogP contribution in [-0.2, 0) is 4.57 Å². The van der Waals surface area contributed by atoms with Crippen molar-refractivity contribution in [2.24, 2.45) is 0 Å². The lowest BCUT2D eigenvalue weighted by Crippen LogP contribution is -2.77.